The minimum atomic E-state index is -1.35. The molecule has 1 N–H and O–H groups in total. The lowest BCUT2D eigenvalue weighted by Crippen LogP contribution is -2.44. The van der Waals surface area contributed by atoms with Crippen LogP contribution < -0.4 is 0 Å². The summed E-state index contributed by atoms with van der Waals surface area (Å²) in [6, 6.07) is 10.6. The van der Waals surface area contributed by atoms with E-state index in [0.29, 0.717) is 24.8 Å². The van der Waals surface area contributed by atoms with Crippen molar-refractivity contribution in [1.82, 2.24) is 9.78 Å². The molecule has 2 aromatic carbocycles. The van der Waals surface area contributed by atoms with E-state index in [1.165, 1.54) is 24.3 Å². The van der Waals surface area contributed by atoms with Crippen LogP contribution in [-0.4, -0.2) is 33.1 Å². The quantitative estimate of drug-likeness (QED) is 0.424. The second-order valence-electron chi connectivity index (χ2n) is 9.48. The number of hydrogen-bond donors (Lipinski definition) is 1. The minimum Gasteiger partial charge on any atom is -0.466 e. The van der Waals surface area contributed by atoms with Crippen LogP contribution in [0.3, 0.4) is 0 Å². The summed E-state index contributed by atoms with van der Waals surface area (Å²) in [5, 5.41) is 16.3. The highest BCUT2D eigenvalue weighted by Gasteiger charge is 2.54. The molecular weight excluding hydrogens is 462 g/mol. The van der Waals surface area contributed by atoms with Crippen LogP contribution in [0.15, 0.2) is 54.2 Å². The Morgan fingerprint density at radius 2 is 2.00 bits per heavy atom. The van der Waals surface area contributed by atoms with Crippen molar-refractivity contribution in [3.8, 4) is 17.5 Å². The molecule has 1 aromatic heterocycles. The third-order valence-electron chi connectivity index (χ3n) is 7.34. The third kappa shape index (κ3) is 4.02. The van der Waals surface area contributed by atoms with Gasteiger partial charge in [0.1, 0.15) is 17.2 Å². The topological polar surface area (TPSA) is 64.3 Å². The number of fused-ring (bicyclic) bond motifs is 2. The summed E-state index contributed by atoms with van der Waals surface area (Å²) in [5.74, 6) is 4.64. The van der Waals surface area contributed by atoms with Gasteiger partial charge in [-0.1, -0.05) is 30.4 Å². The smallest absolute Gasteiger partial charge is 0.310 e. The first kappa shape index (κ1) is 24.0. The predicted molar refractivity (Wildman–Crippen MR) is 131 cm³/mol. The van der Waals surface area contributed by atoms with Crippen LogP contribution in [0.4, 0.5) is 8.78 Å². The lowest BCUT2D eigenvalue weighted by molar-refractivity contribution is -0.142. The van der Waals surface area contributed by atoms with Gasteiger partial charge in [0.2, 0.25) is 0 Å². The fourth-order valence-electron chi connectivity index (χ4n) is 5.22. The molecule has 0 radical (unpaired) electrons. The summed E-state index contributed by atoms with van der Waals surface area (Å²) >= 11 is 0. The highest BCUT2D eigenvalue weighted by molar-refractivity contribution is 5.74. The number of ether oxygens (including phenoxy) is 1. The van der Waals surface area contributed by atoms with Gasteiger partial charge in [-0.05, 0) is 74.2 Å². The number of rotatable bonds is 4. The number of nitrogens with zero attached hydrogens (tertiary/aromatic N) is 2. The molecule has 0 amide bonds. The van der Waals surface area contributed by atoms with E-state index < -0.39 is 22.8 Å². The highest BCUT2D eigenvalue weighted by Crippen LogP contribution is 2.55. The van der Waals surface area contributed by atoms with Gasteiger partial charge in [-0.15, -0.1) is 0 Å². The number of halogens is 2. The minimum absolute atomic E-state index is 0.164. The molecular formula is C29H26F2N2O3. The van der Waals surface area contributed by atoms with Crippen molar-refractivity contribution >= 4 is 12.0 Å². The van der Waals surface area contributed by atoms with Gasteiger partial charge in [0.25, 0.3) is 0 Å². The number of esters is 1. The molecule has 2 atom stereocenters. The van der Waals surface area contributed by atoms with Crippen LogP contribution in [0.25, 0.3) is 11.8 Å². The average Bonchev–Trinajstić information content (AvgIpc) is 3.36. The summed E-state index contributed by atoms with van der Waals surface area (Å²) in [5.41, 5.74) is 2.21. The van der Waals surface area contributed by atoms with E-state index in [4.69, 9.17) is 4.74 Å². The zero-order chi connectivity index (χ0) is 25.5. The van der Waals surface area contributed by atoms with Crippen molar-refractivity contribution in [3.63, 3.8) is 0 Å². The van der Waals surface area contributed by atoms with Crippen molar-refractivity contribution in [2.24, 2.45) is 5.41 Å². The van der Waals surface area contributed by atoms with Crippen LogP contribution in [0.5, 0.6) is 0 Å². The summed E-state index contributed by atoms with van der Waals surface area (Å²) < 4.78 is 34.7. The number of carbonyl (C=O) groups is 1. The van der Waals surface area contributed by atoms with Crippen molar-refractivity contribution in [1.29, 1.82) is 0 Å². The van der Waals surface area contributed by atoms with E-state index in [1.807, 2.05) is 13.0 Å². The van der Waals surface area contributed by atoms with E-state index in [-0.39, 0.29) is 24.4 Å². The summed E-state index contributed by atoms with van der Waals surface area (Å²) in [6.45, 7) is 3.89. The normalized spacial score (nSPS) is 22.2. The molecule has 7 heteroatoms. The Hall–Kier alpha value is -3.76. The van der Waals surface area contributed by atoms with Gasteiger partial charge >= 0.3 is 5.97 Å². The van der Waals surface area contributed by atoms with Crippen molar-refractivity contribution in [2.45, 2.75) is 45.1 Å². The van der Waals surface area contributed by atoms with E-state index in [0.717, 1.165) is 22.5 Å². The maximum absolute atomic E-state index is 14.5. The maximum atomic E-state index is 14.5. The van der Waals surface area contributed by atoms with Crippen LogP contribution in [0, 0.1) is 28.9 Å². The average molecular weight is 489 g/mol. The first-order chi connectivity index (χ1) is 17.2. The molecule has 0 saturated heterocycles. The van der Waals surface area contributed by atoms with Gasteiger partial charge < -0.3 is 9.84 Å². The Morgan fingerprint density at radius 1 is 1.22 bits per heavy atom. The number of benzene rings is 2. The zero-order valence-electron chi connectivity index (χ0n) is 20.1. The maximum Gasteiger partial charge on any atom is 0.310 e. The molecule has 2 aliphatic rings. The highest BCUT2D eigenvalue weighted by atomic mass is 19.1. The van der Waals surface area contributed by atoms with Crippen LogP contribution in [0.1, 0.15) is 49.1 Å². The first-order valence-corrected chi connectivity index (χ1v) is 12.0. The summed E-state index contributed by atoms with van der Waals surface area (Å²) in [6.07, 6.45) is 5.20. The largest absolute Gasteiger partial charge is 0.466 e. The SMILES string of the molecule is CCOC(=O)Cc1c(F)cccc1C#C[C@]1(O)CCC2=Cc3c(cnn3-c3ccc(F)cc3)CC21C. The molecule has 1 saturated carbocycles. The fraction of sp³-hybridized carbons (Fsp3) is 0.310. The number of aromatic nitrogens is 2. The first-order valence-electron chi connectivity index (χ1n) is 12.0. The molecule has 1 fully saturated rings. The van der Waals surface area contributed by atoms with Crippen molar-refractivity contribution in [2.75, 3.05) is 6.61 Å². The van der Waals surface area contributed by atoms with Crippen molar-refractivity contribution < 1.29 is 23.4 Å². The Labute approximate surface area is 208 Å². The van der Waals surface area contributed by atoms with E-state index in [9.17, 15) is 18.7 Å². The van der Waals surface area contributed by atoms with Crippen LogP contribution in [-0.2, 0) is 22.4 Å². The Bertz CT molecular complexity index is 1430. The number of hydrogen-bond acceptors (Lipinski definition) is 4. The molecule has 5 rings (SSSR count). The molecule has 1 unspecified atom stereocenters. The molecule has 5 nitrogen and oxygen atoms in total. The molecule has 0 spiro atoms. The van der Waals surface area contributed by atoms with E-state index in [1.54, 1.807) is 36.0 Å². The number of aliphatic hydroxyl groups is 1. The second-order valence-corrected chi connectivity index (χ2v) is 9.48. The van der Waals surface area contributed by atoms with E-state index in [2.05, 4.69) is 16.9 Å². The lowest BCUT2D eigenvalue weighted by atomic mass is 9.67. The molecule has 0 bridgehead atoms. The van der Waals surface area contributed by atoms with Gasteiger partial charge in [-0.2, -0.15) is 5.10 Å². The van der Waals surface area contributed by atoms with Crippen LogP contribution >= 0.6 is 0 Å². The molecule has 184 valence electrons. The van der Waals surface area contributed by atoms with Crippen molar-refractivity contribution in [3.05, 3.63) is 88.3 Å². The lowest BCUT2D eigenvalue weighted by Gasteiger charge is -2.39. The Kier molecular flexibility index (Phi) is 6.01. The summed E-state index contributed by atoms with van der Waals surface area (Å²) in [4.78, 5) is 12.0. The molecule has 3 aromatic rings. The van der Waals surface area contributed by atoms with Gasteiger partial charge in [0, 0.05) is 16.5 Å². The second kappa shape index (κ2) is 9.03. The Balaban J connectivity index is 1.48. The molecule has 1 heterocycles. The summed E-state index contributed by atoms with van der Waals surface area (Å²) in [7, 11) is 0. The molecule has 36 heavy (non-hydrogen) atoms. The van der Waals surface area contributed by atoms with Gasteiger partial charge in [0.05, 0.1) is 30.6 Å². The molecule has 0 aliphatic heterocycles. The Morgan fingerprint density at radius 3 is 2.75 bits per heavy atom. The van der Waals surface area contributed by atoms with E-state index >= 15 is 0 Å². The third-order valence-corrected chi connectivity index (χ3v) is 7.34. The standard InChI is InChI=1S/C29H26F2N2O3/c1-3-36-27(34)16-24-19(5-4-6-25(24)31)11-13-29(35)14-12-21-15-26-20(17-28(21,29)2)18-32-33(26)23-9-7-22(30)8-10-23/h4-10,15,18,35H,3,12,14,16-17H2,1-2H3/t28?,29-/m0/s1. The van der Waals surface area contributed by atoms with Gasteiger partial charge in [-0.3, -0.25) is 4.79 Å². The zero-order valence-corrected chi connectivity index (χ0v) is 20.1. The van der Waals surface area contributed by atoms with Gasteiger partial charge in [0.15, 0.2) is 0 Å². The number of carbonyl (C=O) groups excluding carboxylic acids is 1. The van der Waals surface area contributed by atoms with Crippen LogP contribution in [0.2, 0.25) is 0 Å². The predicted octanol–water partition coefficient (Wildman–Crippen LogP) is 4.78. The van der Waals surface area contributed by atoms with Gasteiger partial charge in [-0.25, -0.2) is 13.5 Å². The monoisotopic (exact) mass is 488 g/mol. The molecule has 2 aliphatic carbocycles. The fourth-order valence-corrected chi connectivity index (χ4v) is 5.22.